The van der Waals surface area contributed by atoms with E-state index < -0.39 is 0 Å². The fourth-order valence-corrected chi connectivity index (χ4v) is 3.56. The van der Waals surface area contributed by atoms with E-state index in [1.807, 2.05) is 26.0 Å². The molecular weight excluding hydrogens is 261 g/mol. The van der Waals surface area contributed by atoms with Gasteiger partial charge in [0.2, 0.25) is 0 Å². The molecule has 1 aliphatic rings. The minimum Gasteiger partial charge on any atom is -0.310 e. The Morgan fingerprint density at radius 3 is 2.05 bits per heavy atom. The molecule has 1 aromatic carbocycles. The average molecular weight is 291 g/mol. The zero-order chi connectivity index (χ0) is 15.6. The number of hydrogen-bond donors (Lipinski definition) is 1. The third kappa shape index (κ3) is 4.29. The van der Waals surface area contributed by atoms with Gasteiger partial charge in [0.25, 0.3) is 0 Å². The van der Waals surface area contributed by atoms with Gasteiger partial charge in [-0.05, 0) is 67.6 Å². The molecule has 1 aromatic rings. The Morgan fingerprint density at radius 1 is 1.05 bits per heavy atom. The van der Waals surface area contributed by atoms with E-state index in [2.05, 4.69) is 26.1 Å². The van der Waals surface area contributed by atoms with Gasteiger partial charge < -0.3 is 5.32 Å². The minimum atomic E-state index is -0.0653. The second-order valence-electron chi connectivity index (χ2n) is 7.84. The van der Waals surface area contributed by atoms with Crippen molar-refractivity contribution in [2.24, 2.45) is 11.3 Å². The SMILES string of the molecule is Cc1cc(CNC2CCC(C(C)(C)C)CC2)cc(C)c1F. The smallest absolute Gasteiger partial charge is 0.129 e. The Labute approximate surface area is 129 Å². The predicted octanol–water partition coefficient (Wildman–Crippen LogP) is 5.14. The lowest BCUT2D eigenvalue weighted by atomic mass is 9.71. The van der Waals surface area contributed by atoms with Crippen LogP contribution in [0.15, 0.2) is 12.1 Å². The molecule has 1 aliphatic carbocycles. The summed E-state index contributed by atoms with van der Waals surface area (Å²) in [5.74, 6) is 0.787. The molecule has 0 amide bonds. The Kier molecular flexibility index (Phi) is 5.08. The molecule has 2 rings (SSSR count). The molecule has 0 aromatic heterocycles. The fourth-order valence-electron chi connectivity index (χ4n) is 3.56. The summed E-state index contributed by atoms with van der Waals surface area (Å²) in [6.45, 7) is 11.6. The molecule has 21 heavy (non-hydrogen) atoms. The number of halogens is 1. The van der Waals surface area contributed by atoms with Gasteiger partial charge in [-0.1, -0.05) is 32.9 Å². The van der Waals surface area contributed by atoms with Crippen molar-refractivity contribution in [3.05, 3.63) is 34.6 Å². The lowest BCUT2D eigenvalue weighted by Crippen LogP contribution is -2.35. The van der Waals surface area contributed by atoms with Crippen LogP contribution in [-0.2, 0) is 6.54 Å². The summed E-state index contributed by atoms with van der Waals surface area (Å²) < 4.78 is 13.6. The zero-order valence-electron chi connectivity index (χ0n) is 14.2. The first kappa shape index (κ1) is 16.5. The van der Waals surface area contributed by atoms with Gasteiger partial charge in [0, 0.05) is 12.6 Å². The van der Waals surface area contributed by atoms with Crippen LogP contribution in [0.1, 0.15) is 63.1 Å². The summed E-state index contributed by atoms with van der Waals surface area (Å²) in [5, 5.41) is 3.66. The quantitative estimate of drug-likeness (QED) is 0.813. The monoisotopic (exact) mass is 291 g/mol. The lowest BCUT2D eigenvalue weighted by Gasteiger charge is -2.37. The molecule has 0 spiro atoms. The maximum Gasteiger partial charge on any atom is 0.129 e. The van der Waals surface area contributed by atoms with E-state index in [0.717, 1.165) is 23.6 Å². The summed E-state index contributed by atoms with van der Waals surface area (Å²) >= 11 is 0. The van der Waals surface area contributed by atoms with Crippen molar-refractivity contribution in [1.29, 1.82) is 0 Å². The highest BCUT2D eigenvalue weighted by Gasteiger charge is 2.29. The first-order chi connectivity index (χ1) is 9.77. The van der Waals surface area contributed by atoms with Crippen LogP contribution in [-0.4, -0.2) is 6.04 Å². The molecule has 1 saturated carbocycles. The van der Waals surface area contributed by atoms with Crippen LogP contribution in [0.25, 0.3) is 0 Å². The van der Waals surface area contributed by atoms with E-state index in [4.69, 9.17) is 0 Å². The van der Waals surface area contributed by atoms with Crippen LogP contribution in [0, 0.1) is 31.0 Å². The first-order valence-electron chi connectivity index (χ1n) is 8.26. The normalized spacial score (nSPS) is 23.3. The van der Waals surface area contributed by atoms with Crippen molar-refractivity contribution in [1.82, 2.24) is 5.32 Å². The van der Waals surface area contributed by atoms with Crippen LogP contribution in [0.3, 0.4) is 0 Å². The number of aryl methyl sites for hydroxylation is 2. The Balaban J connectivity index is 1.85. The molecule has 1 N–H and O–H groups in total. The van der Waals surface area contributed by atoms with Gasteiger partial charge in [-0.2, -0.15) is 0 Å². The molecule has 0 saturated heterocycles. The van der Waals surface area contributed by atoms with Gasteiger partial charge in [-0.15, -0.1) is 0 Å². The first-order valence-corrected chi connectivity index (χ1v) is 8.26. The third-order valence-electron chi connectivity index (χ3n) is 5.04. The van der Waals surface area contributed by atoms with Crippen LogP contribution in [0.5, 0.6) is 0 Å². The standard InChI is InChI=1S/C19H30FN/c1-13-10-15(11-14(2)18(13)20)12-21-17-8-6-16(7-9-17)19(3,4)5/h10-11,16-17,21H,6-9,12H2,1-5H3. The van der Waals surface area contributed by atoms with E-state index >= 15 is 0 Å². The minimum absolute atomic E-state index is 0.0653. The Morgan fingerprint density at radius 2 is 1.57 bits per heavy atom. The van der Waals surface area contributed by atoms with Crippen LogP contribution in [0.4, 0.5) is 4.39 Å². The second-order valence-corrected chi connectivity index (χ2v) is 7.84. The van der Waals surface area contributed by atoms with Gasteiger partial charge >= 0.3 is 0 Å². The summed E-state index contributed by atoms with van der Waals surface area (Å²) in [6.07, 6.45) is 5.17. The van der Waals surface area contributed by atoms with Crippen molar-refractivity contribution in [2.45, 2.75) is 72.9 Å². The van der Waals surface area contributed by atoms with Crippen molar-refractivity contribution in [2.75, 3.05) is 0 Å². The Bertz CT molecular complexity index is 456. The largest absolute Gasteiger partial charge is 0.310 e. The third-order valence-corrected chi connectivity index (χ3v) is 5.04. The zero-order valence-corrected chi connectivity index (χ0v) is 14.2. The number of nitrogens with one attached hydrogen (secondary N) is 1. The van der Waals surface area contributed by atoms with Crippen molar-refractivity contribution in [3.63, 3.8) is 0 Å². The van der Waals surface area contributed by atoms with E-state index in [-0.39, 0.29) is 5.82 Å². The molecule has 2 heteroatoms. The summed E-state index contributed by atoms with van der Waals surface area (Å²) in [7, 11) is 0. The van der Waals surface area contributed by atoms with E-state index in [0.29, 0.717) is 11.5 Å². The molecule has 1 nitrogen and oxygen atoms in total. The number of benzene rings is 1. The summed E-state index contributed by atoms with van der Waals surface area (Å²) in [6, 6.07) is 4.56. The fraction of sp³-hybridized carbons (Fsp3) is 0.684. The topological polar surface area (TPSA) is 12.0 Å². The number of hydrogen-bond acceptors (Lipinski definition) is 1. The van der Waals surface area contributed by atoms with Crippen molar-refractivity contribution < 1.29 is 4.39 Å². The van der Waals surface area contributed by atoms with E-state index in [1.165, 1.54) is 31.2 Å². The molecule has 1 fully saturated rings. The highest BCUT2D eigenvalue weighted by Crippen LogP contribution is 2.37. The van der Waals surface area contributed by atoms with Gasteiger partial charge in [0.15, 0.2) is 0 Å². The van der Waals surface area contributed by atoms with Gasteiger partial charge in [0.05, 0.1) is 0 Å². The van der Waals surface area contributed by atoms with E-state index in [9.17, 15) is 4.39 Å². The average Bonchev–Trinajstić information content (AvgIpc) is 2.42. The number of rotatable bonds is 3. The molecule has 118 valence electrons. The van der Waals surface area contributed by atoms with Crippen LogP contribution < -0.4 is 5.32 Å². The molecule has 0 unspecified atom stereocenters. The van der Waals surface area contributed by atoms with Crippen molar-refractivity contribution in [3.8, 4) is 0 Å². The maximum absolute atomic E-state index is 13.6. The van der Waals surface area contributed by atoms with Crippen LogP contribution in [0.2, 0.25) is 0 Å². The molecule has 0 aliphatic heterocycles. The molecular formula is C19H30FN. The lowest BCUT2D eigenvalue weighted by molar-refractivity contribution is 0.160. The van der Waals surface area contributed by atoms with Gasteiger partial charge in [0.1, 0.15) is 5.82 Å². The van der Waals surface area contributed by atoms with E-state index in [1.54, 1.807) is 0 Å². The maximum atomic E-state index is 13.6. The highest BCUT2D eigenvalue weighted by molar-refractivity contribution is 5.30. The van der Waals surface area contributed by atoms with Crippen LogP contribution >= 0.6 is 0 Å². The predicted molar refractivity (Wildman–Crippen MR) is 87.9 cm³/mol. The van der Waals surface area contributed by atoms with Gasteiger partial charge in [-0.25, -0.2) is 4.39 Å². The van der Waals surface area contributed by atoms with Gasteiger partial charge in [-0.3, -0.25) is 0 Å². The molecule has 0 heterocycles. The highest BCUT2D eigenvalue weighted by atomic mass is 19.1. The second kappa shape index (κ2) is 6.48. The van der Waals surface area contributed by atoms with Crippen molar-refractivity contribution >= 4 is 0 Å². The molecule has 0 bridgehead atoms. The molecule has 0 radical (unpaired) electrons. The summed E-state index contributed by atoms with van der Waals surface area (Å²) in [5.41, 5.74) is 3.15. The summed E-state index contributed by atoms with van der Waals surface area (Å²) in [4.78, 5) is 0. The molecule has 0 atom stereocenters. The Hall–Kier alpha value is -0.890.